The van der Waals surface area contributed by atoms with Gasteiger partial charge in [-0.2, -0.15) is 0 Å². The van der Waals surface area contributed by atoms with Gasteiger partial charge in [-0.15, -0.1) is 0 Å². The third kappa shape index (κ3) is 8.58. The normalized spacial score (nSPS) is 27.8. The summed E-state index contributed by atoms with van der Waals surface area (Å²) < 4.78 is 10.9. The van der Waals surface area contributed by atoms with E-state index < -0.39 is 24.4 Å². The minimum Gasteiger partial charge on any atom is -0.394 e. The zero-order valence-corrected chi connectivity index (χ0v) is 15.1. The first-order chi connectivity index (χ1) is 11.7. The van der Waals surface area contributed by atoms with Gasteiger partial charge < -0.3 is 24.8 Å². The molecule has 1 rings (SSSR count). The van der Waals surface area contributed by atoms with Crippen molar-refractivity contribution < 1.29 is 24.8 Å². The molecule has 142 valence electrons. The molecule has 24 heavy (non-hydrogen) atoms. The smallest absolute Gasteiger partial charge is 0.114 e. The van der Waals surface area contributed by atoms with Crippen LogP contribution in [-0.2, 0) is 9.47 Å². The van der Waals surface area contributed by atoms with Crippen molar-refractivity contribution in [2.45, 2.75) is 89.1 Å². The summed E-state index contributed by atoms with van der Waals surface area (Å²) in [4.78, 5) is 0. The second-order valence-electron chi connectivity index (χ2n) is 6.62. The lowest BCUT2D eigenvalue weighted by Crippen LogP contribution is -2.55. The molecule has 5 nitrogen and oxygen atoms in total. The van der Waals surface area contributed by atoms with Crippen molar-refractivity contribution >= 4 is 0 Å². The van der Waals surface area contributed by atoms with Crippen LogP contribution in [0.25, 0.3) is 0 Å². The zero-order chi connectivity index (χ0) is 17.6. The minimum atomic E-state index is -1.01. The Labute approximate surface area is 146 Å². The van der Waals surface area contributed by atoms with Crippen LogP contribution in [0, 0.1) is 0 Å². The van der Waals surface area contributed by atoms with Gasteiger partial charge in [0, 0.05) is 0 Å². The zero-order valence-electron chi connectivity index (χ0n) is 15.1. The minimum absolute atomic E-state index is 0.0323. The second-order valence-corrected chi connectivity index (χ2v) is 6.62. The van der Waals surface area contributed by atoms with E-state index in [9.17, 15) is 15.3 Å². The maximum absolute atomic E-state index is 9.93. The van der Waals surface area contributed by atoms with Crippen LogP contribution < -0.4 is 0 Å². The number of rotatable bonds is 13. The molecular formula is C19H36O5. The fourth-order valence-corrected chi connectivity index (χ4v) is 2.94. The molecule has 1 fully saturated rings. The van der Waals surface area contributed by atoms with E-state index in [-0.39, 0.29) is 13.2 Å². The van der Waals surface area contributed by atoms with Gasteiger partial charge in [0.05, 0.1) is 19.8 Å². The first-order valence-corrected chi connectivity index (χ1v) is 9.55. The number of allylic oxidation sites excluding steroid dienone is 1. The molecule has 0 aromatic heterocycles. The summed E-state index contributed by atoms with van der Waals surface area (Å²) in [5.41, 5.74) is 0. The molecule has 5 heteroatoms. The fourth-order valence-electron chi connectivity index (χ4n) is 2.94. The average Bonchev–Trinajstić information content (AvgIpc) is 2.59. The highest BCUT2D eigenvalue weighted by Crippen LogP contribution is 2.18. The summed E-state index contributed by atoms with van der Waals surface area (Å²) in [6.07, 6.45) is 12.2. The Bertz CT molecular complexity index is 319. The van der Waals surface area contributed by atoms with Gasteiger partial charge in [-0.25, -0.2) is 0 Å². The lowest BCUT2D eigenvalue weighted by atomic mass is 10.0. The highest BCUT2D eigenvalue weighted by atomic mass is 16.6. The van der Waals surface area contributed by atoms with E-state index in [0.717, 1.165) is 12.8 Å². The largest absolute Gasteiger partial charge is 0.394 e. The van der Waals surface area contributed by atoms with Crippen LogP contribution in [0.1, 0.15) is 64.7 Å². The molecule has 0 unspecified atom stereocenters. The molecule has 1 saturated heterocycles. The van der Waals surface area contributed by atoms with Crippen molar-refractivity contribution in [1.29, 1.82) is 0 Å². The predicted molar refractivity (Wildman–Crippen MR) is 94.9 cm³/mol. The van der Waals surface area contributed by atoms with E-state index in [2.05, 4.69) is 19.1 Å². The van der Waals surface area contributed by atoms with Crippen LogP contribution in [0.3, 0.4) is 0 Å². The Morgan fingerprint density at radius 3 is 2.38 bits per heavy atom. The standard InChI is InChI=1S/C19H36O5/c1-2-3-4-5-6-7-8-9-10-11-12-13-23-19-17(14-20)24-15-16(21)18(19)22/h10-11,16-22H,2-9,12-15H2,1H3/b11-10+/t16-,17+,18+,19+/m0/s1. The van der Waals surface area contributed by atoms with Crippen molar-refractivity contribution in [2.75, 3.05) is 19.8 Å². The quantitative estimate of drug-likeness (QED) is 0.353. The van der Waals surface area contributed by atoms with Crippen molar-refractivity contribution in [3.63, 3.8) is 0 Å². The van der Waals surface area contributed by atoms with Crippen LogP contribution in [0.5, 0.6) is 0 Å². The topological polar surface area (TPSA) is 79.2 Å². The molecule has 1 heterocycles. The molecule has 3 N–H and O–H groups in total. The number of ether oxygens (including phenoxy) is 2. The monoisotopic (exact) mass is 344 g/mol. The highest BCUT2D eigenvalue weighted by Gasteiger charge is 2.39. The third-order valence-corrected chi connectivity index (χ3v) is 4.49. The van der Waals surface area contributed by atoms with Gasteiger partial charge >= 0.3 is 0 Å². The molecule has 0 spiro atoms. The van der Waals surface area contributed by atoms with Crippen molar-refractivity contribution in [1.82, 2.24) is 0 Å². The maximum atomic E-state index is 9.93. The summed E-state index contributed by atoms with van der Waals surface area (Å²) in [7, 11) is 0. The van der Waals surface area contributed by atoms with E-state index in [1.165, 1.54) is 44.9 Å². The molecule has 4 atom stereocenters. The number of hydrogen-bond acceptors (Lipinski definition) is 5. The Balaban J connectivity index is 2.03. The van der Waals surface area contributed by atoms with Gasteiger partial charge in [0.2, 0.25) is 0 Å². The lowest BCUT2D eigenvalue weighted by molar-refractivity contribution is -0.211. The fraction of sp³-hybridized carbons (Fsp3) is 0.895. The number of aliphatic hydroxyl groups is 3. The van der Waals surface area contributed by atoms with Gasteiger partial charge in [-0.3, -0.25) is 0 Å². The van der Waals surface area contributed by atoms with E-state index in [4.69, 9.17) is 9.47 Å². The molecule has 1 aliphatic rings. The molecule has 0 aromatic rings. The van der Waals surface area contributed by atoms with Gasteiger partial charge in [0.15, 0.2) is 0 Å². The highest BCUT2D eigenvalue weighted by molar-refractivity contribution is 4.88. The number of hydrogen-bond donors (Lipinski definition) is 3. The van der Waals surface area contributed by atoms with Crippen LogP contribution >= 0.6 is 0 Å². The summed E-state index contributed by atoms with van der Waals surface area (Å²) in [6.45, 7) is 2.50. The molecule has 1 aliphatic heterocycles. The summed E-state index contributed by atoms with van der Waals surface area (Å²) in [6, 6.07) is 0. The van der Waals surface area contributed by atoms with Crippen LogP contribution in [0.4, 0.5) is 0 Å². The Hall–Kier alpha value is -0.460. The molecule has 0 radical (unpaired) electrons. The third-order valence-electron chi connectivity index (χ3n) is 4.49. The molecule has 0 bridgehead atoms. The van der Waals surface area contributed by atoms with Gasteiger partial charge in [-0.05, 0) is 19.3 Å². The first-order valence-electron chi connectivity index (χ1n) is 9.55. The van der Waals surface area contributed by atoms with Crippen molar-refractivity contribution in [3.8, 4) is 0 Å². The SMILES string of the molecule is CCCCCCCCC/C=C/CCO[C@H]1[C@H](O)[C@@H](O)CO[C@@H]1CO. The van der Waals surface area contributed by atoms with E-state index >= 15 is 0 Å². The van der Waals surface area contributed by atoms with Gasteiger partial charge in [0.1, 0.15) is 24.4 Å². The number of aliphatic hydroxyl groups excluding tert-OH is 3. The van der Waals surface area contributed by atoms with Crippen LogP contribution in [0.15, 0.2) is 12.2 Å². The summed E-state index contributed by atoms with van der Waals surface area (Å²) in [5.74, 6) is 0. The predicted octanol–water partition coefficient (Wildman–Crippen LogP) is 2.57. The molecule has 0 aliphatic carbocycles. The Kier molecular flexibility index (Phi) is 12.4. The Morgan fingerprint density at radius 2 is 1.67 bits per heavy atom. The van der Waals surface area contributed by atoms with Crippen molar-refractivity contribution in [2.24, 2.45) is 0 Å². The average molecular weight is 344 g/mol. The van der Waals surface area contributed by atoms with Gasteiger partial charge in [0.25, 0.3) is 0 Å². The van der Waals surface area contributed by atoms with Crippen molar-refractivity contribution in [3.05, 3.63) is 12.2 Å². The molecule has 0 amide bonds. The lowest BCUT2D eigenvalue weighted by Gasteiger charge is -2.37. The summed E-state index contributed by atoms with van der Waals surface area (Å²) >= 11 is 0. The van der Waals surface area contributed by atoms with Gasteiger partial charge in [-0.1, -0.05) is 57.6 Å². The van der Waals surface area contributed by atoms with Crippen LogP contribution in [-0.4, -0.2) is 59.6 Å². The maximum Gasteiger partial charge on any atom is 0.114 e. The molecular weight excluding hydrogens is 308 g/mol. The molecule has 0 saturated carbocycles. The van der Waals surface area contributed by atoms with E-state index in [0.29, 0.717) is 6.61 Å². The number of unbranched alkanes of at least 4 members (excludes halogenated alkanes) is 7. The molecule has 0 aromatic carbocycles. The Morgan fingerprint density at radius 1 is 1.00 bits per heavy atom. The summed E-state index contributed by atoms with van der Waals surface area (Å²) in [5, 5.41) is 28.8. The first kappa shape index (κ1) is 21.6. The van der Waals surface area contributed by atoms with Crippen LogP contribution in [0.2, 0.25) is 0 Å². The van der Waals surface area contributed by atoms with E-state index in [1.54, 1.807) is 0 Å². The second kappa shape index (κ2) is 13.8. The van der Waals surface area contributed by atoms with E-state index in [1.807, 2.05) is 0 Å².